The molecule has 1 aliphatic rings. The Morgan fingerprint density at radius 3 is 2.50 bits per heavy atom. The fourth-order valence-corrected chi connectivity index (χ4v) is 3.91. The molecule has 0 spiro atoms. The number of nitrogens with one attached hydrogen (secondary N) is 1. The van der Waals surface area contributed by atoms with E-state index >= 15 is 0 Å². The average Bonchev–Trinajstić information content (AvgIpc) is 2.43. The Kier molecular flexibility index (Phi) is 5.25. The molecule has 0 unspecified atom stereocenters. The summed E-state index contributed by atoms with van der Waals surface area (Å²) in [7, 11) is -3.58. The maximum Gasteiger partial charge on any atom is 0.241 e. The minimum atomic E-state index is -3.58. The normalized spacial score (nSPS) is 14.3. The third-order valence-electron chi connectivity index (χ3n) is 2.81. The molecule has 0 aliphatic carbocycles. The van der Waals surface area contributed by atoms with Crippen molar-refractivity contribution in [1.29, 1.82) is 0 Å². The van der Waals surface area contributed by atoms with Crippen molar-refractivity contribution >= 4 is 26.0 Å². The molecule has 0 saturated carbocycles. The molecule has 3 N–H and O–H groups in total. The summed E-state index contributed by atoms with van der Waals surface area (Å²) in [6.45, 7) is 1.79. The first kappa shape index (κ1) is 15.6. The lowest BCUT2D eigenvalue weighted by Gasteiger charge is -2.20. The lowest BCUT2D eigenvalue weighted by molar-refractivity contribution is 0.171. The van der Waals surface area contributed by atoms with Crippen molar-refractivity contribution in [3.63, 3.8) is 0 Å². The van der Waals surface area contributed by atoms with Crippen molar-refractivity contribution in [3.8, 4) is 11.5 Å². The second-order valence-corrected chi connectivity index (χ2v) is 6.91. The number of benzene rings is 1. The van der Waals surface area contributed by atoms with Crippen LogP contribution in [0.1, 0.15) is 12.8 Å². The molecule has 6 nitrogen and oxygen atoms in total. The van der Waals surface area contributed by atoms with Gasteiger partial charge in [0, 0.05) is 17.1 Å². The van der Waals surface area contributed by atoms with Gasteiger partial charge in [0.1, 0.15) is 18.1 Å². The van der Waals surface area contributed by atoms with E-state index in [-0.39, 0.29) is 4.90 Å². The van der Waals surface area contributed by atoms with E-state index in [1.165, 1.54) is 6.07 Å². The summed E-state index contributed by atoms with van der Waals surface area (Å²) < 4.78 is 38.3. The maximum absolute atomic E-state index is 12.2. The largest absolute Gasteiger partial charge is 0.486 e. The van der Waals surface area contributed by atoms with Crippen molar-refractivity contribution in [3.05, 3.63) is 16.6 Å². The predicted molar refractivity (Wildman–Crippen MR) is 78.6 cm³/mol. The summed E-state index contributed by atoms with van der Waals surface area (Å²) in [5.41, 5.74) is 5.37. The van der Waals surface area contributed by atoms with Gasteiger partial charge in [-0.2, -0.15) is 0 Å². The van der Waals surface area contributed by atoms with Crippen LogP contribution in [0, 0.1) is 0 Å². The number of ether oxygens (including phenoxy) is 2. The Labute approximate surface area is 126 Å². The van der Waals surface area contributed by atoms with Gasteiger partial charge in [0.25, 0.3) is 0 Å². The van der Waals surface area contributed by atoms with Crippen LogP contribution in [-0.4, -0.2) is 34.7 Å². The smallest absolute Gasteiger partial charge is 0.241 e. The summed E-state index contributed by atoms with van der Waals surface area (Å²) in [5, 5.41) is 0. The Bertz CT molecular complexity index is 577. The first-order valence-corrected chi connectivity index (χ1v) is 8.61. The van der Waals surface area contributed by atoms with Crippen LogP contribution >= 0.6 is 15.9 Å². The molecule has 0 amide bonds. The van der Waals surface area contributed by atoms with Crippen LogP contribution < -0.4 is 19.9 Å². The number of hydrogen-bond acceptors (Lipinski definition) is 5. The highest BCUT2D eigenvalue weighted by molar-refractivity contribution is 9.10. The Hall–Kier alpha value is -0.830. The summed E-state index contributed by atoms with van der Waals surface area (Å²) >= 11 is 3.26. The number of hydrogen-bond donors (Lipinski definition) is 2. The molecular weight excluding hydrogens is 348 g/mol. The summed E-state index contributed by atoms with van der Waals surface area (Å²) in [6.07, 6.45) is 1.49. The first-order valence-electron chi connectivity index (χ1n) is 6.33. The molecule has 0 fully saturated rings. The topological polar surface area (TPSA) is 90.7 Å². The zero-order chi connectivity index (χ0) is 14.6. The van der Waals surface area contributed by atoms with E-state index in [4.69, 9.17) is 15.2 Å². The molecule has 0 bridgehead atoms. The Morgan fingerprint density at radius 2 is 1.85 bits per heavy atom. The van der Waals surface area contributed by atoms with Gasteiger partial charge in [-0.3, -0.25) is 0 Å². The van der Waals surface area contributed by atoms with Gasteiger partial charge < -0.3 is 15.2 Å². The maximum atomic E-state index is 12.2. The number of fused-ring (bicyclic) bond motifs is 1. The molecule has 1 heterocycles. The zero-order valence-electron chi connectivity index (χ0n) is 10.9. The number of halogens is 1. The number of unbranched alkanes of at least 4 members (excludes halogenated alkanes) is 1. The second kappa shape index (κ2) is 6.75. The van der Waals surface area contributed by atoms with E-state index in [2.05, 4.69) is 20.7 Å². The molecule has 20 heavy (non-hydrogen) atoms. The fraction of sp³-hybridized carbons (Fsp3) is 0.500. The molecule has 112 valence electrons. The zero-order valence-corrected chi connectivity index (χ0v) is 13.3. The SMILES string of the molecule is NCCCCNS(=O)(=O)c1cc2c(cc1Br)OCCO2. The van der Waals surface area contributed by atoms with E-state index in [1.54, 1.807) is 6.07 Å². The highest BCUT2D eigenvalue weighted by Crippen LogP contribution is 2.37. The summed E-state index contributed by atoms with van der Waals surface area (Å²) in [6, 6.07) is 3.09. The number of rotatable bonds is 6. The third-order valence-corrected chi connectivity index (χ3v) is 5.23. The van der Waals surface area contributed by atoms with Crippen LogP contribution in [0.25, 0.3) is 0 Å². The van der Waals surface area contributed by atoms with Crippen LogP contribution in [0.2, 0.25) is 0 Å². The van der Waals surface area contributed by atoms with Crippen molar-refractivity contribution in [2.24, 2.45) is 5.73 Å². The van der Waals surface area contributed by atoms with Gasteiger partial charge in [0.2, 0.25) is 10.0 Å². The number of sulfonamides is 1. The molecule has 2 rings (SSSR count). The standard InChI is InChI=1S/C12H17BrN2O4S/c13-9-7-10-11(19-6-5-18-10)8-12(9)20(16,17)15-4-2-1-3-14/h7-8,15H,1-6,14H2. The molecule has 8 heteroatoms. The molecule has 0 atom stereocenters. The lowest BCUT2D eigenvalue weighted by atomic mass is 10.3. The Morgan fingerprint density at radius 1 is 1.20 bits per heavy atom. The fourth-order valence-electron chi connectivity index (χ4n) is 1.80. The van der Waals surface area contributed by atoms with E-state index in [9.17, 15) is 8.42 Å². The molecule has 1 aromatic carbocycles. The van der Waals surface area contributed by atoms with Crippen LogP contribution in [0.3, 0.4) is 0 Å². The van der Waals surface area contributed by atoms with E-state index in [0.29, 0.717) is 48.7 Å². The van der Waals surface area contributed by atoms with Crippen LogP contribution in [0.4, 0.5) is 0 Å². The van der Waals surface area contributed by atoms with Gasteiger partial charge in [0.05, 0.1) is 0 Å². The quantitative estimate of drug-likeness (QED) is 0.741. The van der Waals surface area contributed by atoms with Crippen LogP contribution in [0.5, 0.6) is 11.5 Å². The Balaban J connectivity index is 2.18. The van der Waals surface area contributed by atoms with Crippen LogP contribution in [0.15, 0.2) is 21.5 Å². The summed E-state index contributed by atoms with van der Waals surface area (Å²) in [4.78, 5) is 0.148. The van der Waals surface area contributed by atoms with Gasteiger partial charge >= 0.3 is 0 Å². The van der Waals surface area contributed by atoms with Gasteiger partial charge in [-0.15, -0.1) is 0 Å². The first-order chi connectivity index (χ1) is 9.54. The van der Waals surface area contributed by atoms with E-state index in [0.717, 1.165) is 6.42 Å². The van der Waals surface area contributed by atoms with Gasteiger partial charge in [-0.05, 0) is 41.4 Å². The minimum Gasteiger partial charge on any atom is -0.486 e. The predicted octanol–water partition coefficient (Wildman–Crippen LogP) is 1.24. The van der Waals surface area contributed by atoms with Crippen molar-refractivity contribution < 1.29 is 17.9 Å². The summed E-state index contributed by atoms with van der Waals surface area (Å²) in [5.74, 6) is 0.993. The third kappa shape index (κ3) is 3.63. The highest BCUT2D eigenvalue weighted by Gasteiger charge is 2.22. The minimum absolute atomic E-state index is 0.148. The van der Waals surface area contributed by atoms with Gasteiger partial charge in [-0.25, -0.2) is 13.1 Å². The molecule has 0 radical (unpaired) electrons. The van der Waals surface area contributed by atoms with Crippen molar-refractivity contribution in [1.82, 2.24) is 4.72 Å². The molecule has 1 aliphatic heterocycles. The van der Waals surface area contributed by atoms with E-state index < -0.39 is 10.0 Å². The number of nitrogens with two attached hydrogens (primary N) is 1. The molecule has 0 saturated heterocycles. The average molecular weight is 365 g/mol. The highest BCUT2D eigenvalue weighted by atomic mass is 79.9. The van der Waals surface area contributed by atoms with Gasteiger partial charge in [0.15, 0.2) is 11.5 Å². The van der Waals surface area contributed by atoms with Gasteiger partial charge in [-0.1, -0.05) is 0 Å². The van der Waals surface area contributed by atoms with Crippen molar-refractivity contribution in [2.75, 3.05) is 26.3 Å². The molecule has 1 aromatic rings. The van der Waals surface area contributed by atoms with E-state index in [1.807, 2.05) is 0 Å². The monoisotopic (exact) mass is 364 g/mol. The van der Waals surface area contributed by atoms with Crippen molar-refractivity contribution in [2.45, 2.75) is 17.7 Å². The second-order valence-electron chi connectivity index (χ2n) is 4.32. The van der Waals surface area contributed by atoms with Crippen LogP contribution in [-0.2, 0) is 10.0 Å². The molecule has 0 aromatic heterocycles. The lowest BCUT2D eigenvalue weighted by Crippen LogP contribution is -2.26. The molecular formula is C12H17BrN2O4S.